The molecule has 8 nitrogen and oxygen atoms in total. The first-order valence-corrected chi connectivity index (χ1v) is 14.2. The number of unbranched alkanes of at least 4 members (excludes halogenated alkanes) is 2. The Balaban J connectivity index is 1.52. The molecule has 3 aliphatic rings. The third-order valence-electron chi connectivity index (χ3n) is 6.38. The van der Waals surface area contributed by atoms with Crippen molar-refractivity contribution in [2.45, 2.75) is 50.6 Å². The molecule has 1 unspecified atom stereocenters. The molecule has 0 saturated carbocycles. The Morgan fingerprint density at radius 1 is 1.26 bits per heavy atom. The lowest BCUT2D eigenvalue weighted by Gasteiger charge is -2.49. The van der Waals surface area contributed by atoms with Crippen LogP contribution in [-0.4, -0.2) is 78.2 Å². The second kappa shape index (κ2) is 11.3. The number of thioether (sulfide) groups is 2. The van der Waals surface area contributed by atoms with Crippen LogP contribution in [0, 0.1) is 0 Å². The van der Waals surface area contributed by atoms with Crippen molar-refractivity contribution in [2.75, 3.05) is 24.8 Å². The van der Waals surface area contributed by atoms with Gasteiger partial charge in [0.05, 0.1) is 12.5 Å². The van der Waals surface area contributed by atoms with Gasteiger partial charge in [0.15, 0.2) is 0 Å². The molecule has 0 aliphatic carbocycles. The second-order valence-electron chi connectivity index (χ2n) is 8.88. The Kier molecular flexibility index (Phi) is 8.41. The maximum absolute atomic E-state index is 13.7. The van der Waals surface area contributed by atoms with E-state index in [1.807, 2.05) is 30.3 Å². The first kappa shape index (κ1) is 26.0. The number of thiocarbonyl (C=S) groups is 1. The van der Waals surface area contributed by atoms with E-state index < -0.39 is 23.4 Å². The largest absolute Gasteiger partial charge is 0.477 e. The van der Waals surface area contributed by atoms with Crippen LogP contribution in [0.2, 0.25) is 0 Å². The van der Waals surface area contributed by atoms with Crippen LogP contribution < -0.4 is 5.32 Å². The maximum Gasteiger partial charge on any atom is 0.352 e. The van der Waals surface area contributed by atoms with Gasteiger partial charge < -0.3 is 15.3 Å². The molecule has 2 N–H and O–H groups in total. The van der Waals surface area contributed by atoms with E-state index in [0.29, 0.717) is 23.9 Å². The molecular formula is C24H30N4O4S3. The first-order valence-electron chi connectivity index (χ1n) is 11.7. The molecule has 0 bridgehead atoms. The number of carboxylic acids is 1. The summed E-state index contributed by atoms with van der Waals surface area (Å²) < 4.78 is 0.844. The molecule has 0 spiro atoms. The molecule has 2 fully saturated rings. The van der Waals surface area contributed by atoms with Crippen LogP contribution in [0.25, 0.3) is 0 Å². The summed E-state index contributed by atoms with van der Waals surface area (Å²) in [4.78, 5) is 43.8. The second-order valence-corrected chi connectivity index (χ2v) is 11.6. The molecule has 0 aromatic heterocycles. The van der Waals surface area contributed by atoms with Gasteiger partial charge in [-0.25, -0.2) is 4.79 Å². The van der Waals surface area contributed by atoms with Crippen molar-refractivity contribution >= 4 is 57.8 Å². The van der Waals surface area contributed by atoms with Crippen LogP contribution in [0.3, 0.4) is 0 Å². The number of rotatable bonds is 9. The number of carbonyl (C=O) groups excluding carboxylic acids is 2. The molecule has 3 atom stereocenters. The van der Waals surface area contributed by atoms with Crippen molar-refractivity contribution < 1.29 is 19.5 Å². The lowest BCUT2D eigenvalue weighted by Crippen LogP contribution is -2.71. The summed E-state index contributed by atoms with van der Waals surface area (Å²) in [6.07, 6.45) is 3.28. The fourth-order valence-corrected chi connectivity index (χ4v) is 7.03. The minimum atomic E-state index is -1.11. The standard InChI is InChI=1S/C24H30N4O4S3/c1-3-4-8-11-26-13-27(14-35-24(26)33)19(16-9-6-5-7-10-16)20(29)25-17-21(30)28-18(23(31)32)15(2)12-34-22(17)28/h5-7,9-10,17,19,22H,3-4,8,11-14H2,1-2H3,(H,25,29)(H,31,32)/t17-,19?,22-/m1/s1. The zero-order valence-electron chi connectivity index (χ0n) is 19.8. The highest BCUT2D eigenvalue weighted by atomic mass is 32.2. The Morgan fingerprint density at radius 3 is 2.69 bits per heavy atom. The van der Waals surface area contributed by atoms with Gasteiger partial charge >= 0.3 is 5.97 Å². The number of benzene rings is 1. The molecule has 4 rings (SSSR count). The minimum Gasteiger partial charge on any atom is -0.477 e. The number of aliphatic carboxylic acids is 1. The number of fused-ring (bicyclic) bond motifs is 1. The molecule has 188 valence electrons. The van der Waals surface area contributed by atoms with Crippen LogP contribution in [0.1, 0.15) is 44.7 Å². The summed E-state index contributed by atoms with van der Waals surface area (Å²) in [5.74, 6) is -0.673. The minimum absolute atomic E-state index is 0.0347. The number of hydrogen-bond donors (Lipinski definition) is 2. The van der Waals surface area contributed by atoms with Gasteiger partial charge in [0.2, 0.25) is 5.91 Å². The number of amides is 2. The Morgan fingerprint density at radius 2 is 2.00 bits per heavy atom. The van der Waals surface area contributed by atoms with Gasteiger partial charge in [-0.3, -0.25) is 19.4 Å². The summed E-state index contributed by atoms with van der Waals surface area (Å²) >= 11 is 8.60. The number of β-lactam (4-membered cyclic amide) rings is 1. The molecule has 1 aromatic rings. The summed E-state index contributed by atoms with van der Waals surface area (Å²) in [5.41, 5.74) is 1.53. The Hall–Kier alpha value is -2.08. The van der Waals surface area contributed by atoms with Gasteiger partial charge in [-0.1, -0.05) is 74.1 Å². The number of hydrogen-bond acceptors (Lipinski definition) is 7. The van der Waals surface area contributed by atoms with E-state index in [1.165, 1.54) is 16.7 Å². The summed E-state index contributed by atoms with van der Waals surface area (Å²) in [7, 11) is 0. The fourth-order valence-electron chi connectivity index (χ4n) is 4.59. The summed E-state index contributed by atoms with van der Waals surface area (Å²) in [5, 5.41) is 12.1. The van der Waals surface area contributed by atoms with Crippen molar-refractivity contribution in [3.63, 3.8) is 0 Å². The molecule has 11 heteroatoms. The number of nitrogens with zero attached hydrogens (tertiary/aromatic N) is 3. The zero-order chi connectivity index (χ0) is 25.1. The molecular weight excluding hydrogens is 504 g/mol. The topological polar surface area (TPSA) is 93.2 Å². The predicted octanol–water partition coefficient (Wildman–Crippen LogP) is 3.23. The first-order chi connectivity index (χ1) is 16.8. The fraction of sp³-hybridized carbons (Fsp3) is 0.500. The highest BCUT2D eigenvalue weighted by molar-refractivity contribution is 8.22. The van der Waals surface area contributed by atoms with E-state index in [9.17, 15) is 19.5 Å². The number of carbonyl (C=O) groups is 3. The highest BCUT2D eigenvalue weighted by Crippen LogP contribution is 2.40. The molecule has 2 amide bonds. The van der Waals surface area contributed by atoms with Gasteiger partial charge in [0, 0.05) is 12.3 Å². The van der Waals surface area contributed by atoms with Gasteiger partial charge in [0.1, 0.15) is 27.5 Å². The predicted molar refractivity (Wildman–Crippen MR) is 143 cm³/mol. The molecule has 35 heavy (non-hydrogen) atoms. The van der Waals surface area contributed by atoms with Crippen molar-refractivity contribution in [1.82, 2.24) is 20.0 Å². The molecule has 3 heterocycles. The smallest absolute Gasteiger partial charge is 0.352 e. The van der Waals surface area contributed by atoms with E-state index in [1.54, 1.807) is 18.7 Å². The quantitative estimate of drug-likeness (QED) is 0.281. The van der Waals surface area contributed by atoms with Crippen molar-refractivity contribution in [3.05, 3.63) is 47.2 Å². The average Bonchev–Trinajstić information content (AvgIpc) is 2.85. The Labute approximate surface area is 219 Å². The van der Waals surface area contributed by atoms with E-state index in [4.69, 9.17) is 12.2 Å². The lowest BCUT2D eigenvalue weighted by molar-refractivity contribution is -0.151. The average molecular weight is 535 g/mol. The van der Waals surface area contributed by atoms with Gasteiger partial charge in [0.25, 0.3) is 5.91 Å². The third-order valence-corrected chi connectivity index (χ3v) is 9.39. The van der Waals surface area contributed by atoms with Crippen molar-refractivity contribution in [2.24, 2.45) is 0 Å². The molecule has 3 aliphatic heterocycles. The van der Waals surface area contributed by atoms with Gasteiger partial charge in [-0.2, -0.15) is 0 Å². The third kappa shape index (κ3) is 5.37. The summed E-state index contributed by atoms with van der Waals surface area (Å²) in [6, 6.07) is 8.20. The molecule has 1 aromatic carbocycles. The van der Waals surface area contributed by atoms with Crippen LogP contribution in [0.15, 0.2) is 41.6 Å². The van der Waals surface area contributed by atoms with Crippen molar-refractivity contribution in [3.8, 4) is 0 Å². The van der Waals surface area contributed by atoms with E-state index >= 15 is 0 Å². The van der Waals surface area contributed by atoms with Gasteiger partial charge in [-0.15, -0.1) is 11.8 Å². The van der Waals surface area contributed by atoms with E-state index in [2.05, 4.69) is 22.0 Å². The van der Waals surface area contributed by atoms with Crippen LogP contribution >= 0.6 is 35.7 Å². The lowest BCUT2D eigenvalue weighted by atomic mass is 10.0. The Bertz CT molecular complexity index is 1030. The van der Waals surface area contributed by atoms with Crippen LogP contribution in [0.5, 0.6) is 0 Å². The van der Waals surface area contributed by atoms with Gasteiger partial charge in [-0.05, 0) is 24.5 Å². The summed E-state index contributed by atoms with van der Waals surface area (Å²) in [6.45, 7) is 5.27. The van der Waals surface area contributed by atoms with E-state index in [0.717, 1.165) is 35.7 Å². The number of nitrogens with one attached hydrogen (secondary N) is 1. The van der Waals surface area contributed by atoms with E-state index in [-0.39, 0.29) is 17.5 Å². The SMILES string of the molecule is CCCCCN1CN(C(C(=O)N[C@@H]2C(=O)N3C(C(=O)O)=C(C)CS[C@H]23)c2ccccc2)CSC1=S. The van der Waals surface area contributed by atoms with Crippen LogP contribution in [-0.2, 0) is 14.4 Å². The normalized spacial score (nSPS) is 23.6. The highest BCUT2D eigenvalue weighted by Gasteiger charge is 2.54. The number of carboxylic acid groups (broad SMARTS) is 1. The maximum atomic E-state index is 13.7. The molecule has 2 saturated heterocycles. The van der Waals surface area contributed by atoms with Crippen LogP contribution in [0.4, 0.5) is 0 Å². The zero-order valence-corrected chi connectivity index (χ0v) is 22.3. The monoisotopic (exact) mass is 534 g/mol. The molecule has 0 radical (unpaired) electrons. The van der Waals surface area contributed by atoms with Crippen molar-refractivity contribution in [1.29, 1.82) is 0 Å².